The summed E-state index contributed by atoms with van der Waals surface area (Å²) in [4.78, 5) is 16.6. The van der Waals surface area contributed by atoms with Gasteiger partial charge in [-0.05, 0) is 24.6 Å². The summed E-state index contributed by atoms with van der Waals surface area (Å²) in [6, 6.07) is 24.0. The van der Waals surface area contributed by atoms with Crippen molar-refractivity contribution in [1.29, 1.82) is 0 Å². The number of para-hydroxylation sites is 1. The molecule has 0 atom stereocenters. The molecule has 0 spiro atoms. The summed E-state index contributed by atoms with van der Waals surface area (Å²) in [5, 5.41) is 0. The number of imidazole rings is 1. The van der Waals surface area contributed by atoms with Crippen molar-refractivity contribution in [2.24, 2.45) is 5.73 Å². The molecule has 0 saturated heterocycles. The van der Waals surface area contributed by atoms with Gasteiger partial charge in [0.15, 0.2) is 0 Å². The summed E-state index contributed by atoms with van der Waals surface area (Å²) < 4.78 is 2.14. The molecule has 4 aromatic rings. The summed E-state index contributed by atoms with van der Waals surface area (Å²) in [5.41, 5.74) is 10.9. The smallest absolute Gasteiger partial charge is 0.250 e. The first-order valence-electron chi connectivity index (χ1n) is 8.53. The first kappa shape index (κ1) is 16.1. The summed E-state index contributed by atoms with van der Waals surface area (Å²) >= 11 is 0. The van der Waals surface area contributed by atoms with Crippen molar-refractivity contribution in [2.45, 2.75) is 13.5 Å². The Bertz CT molecular complexity index is 1080. The van der Waals surface area contributed by atoms with Gasteiger partial charge in [0, 0.05) is 12.1 Å². The minimum absolute atomic E-state index is 0.447. The Kier molecular flexibility index (Phi) is 4.01. The fourth-order valence-corrected chi connectivity index (χ4v) is 3.19. The van der Waals surface area contributed by atoms with Crippen molar-refractivity contribution in [2.75, 3.05) is 0 Å². The van der Waals surface area contributed by atoms with Gasteiger partial charge in [-0.3, -0.25) is 4.79 Å². The van der Waals surface area contributed by atoms with Crippen LogP contribution in [0.4, 0.5) is 0 Å². The summed E-state index contributed by atoms with van der Waals surface area (Å²) in [5.74, 6) is 0.368. The second-order valence-corrected chi connectivity index (χ2v) is 6.41. The van der Waals surface area contributed by atoms with E-state index in [2.05, 4.69) is 47.9 Å². The Morgan fingerprint density at radius 3 is 2.38 bits per heavy atom. The fourth-order valence-electron chi connectivity index (χ4n) is 3.19. The number of aromatic nitrogens is 2. The Morgan fingerprint density at radius 1 is 0.962 bits per heavy atom. The van der Waals surface area contributed by atoms with E-state index < -0.39 is 5.91 Å². The zero-order valence-electron chi connectivity index (χ0n) is 14.5. The monoisotopic (exact) mass is 341 g/mol. The molecule has 1 amide bonds. The molecule has 4 rings (SSSR count). The number of carbonyl (C=O) groups excluding carboxylic acids is 1. The van der Waals surface area contributed by atoms with Gasteiger partial charge in [-0.1, -0.05) is 66.2 Å². The Morgan fingerprint density at radius 2 is 1.69 bits per heavy atom. The molecule has 0 bridgehead atoms. The second-order valence-electron chi connectivity index (χ2n) is 6.41. The third-order valence-corrected chi connectivity index (χ3v) is 4.54. The topological polar surface area (TPSA) is 60.9 Å². The highest BCUT2D eigenvalue weighted by molar-refractivity contribution is 6.04. The van der Waals surface area contributed by atoms with Gasteiger partial charge in [0.2, 0.25) is 0 Å². The number of hydrogen-bond acceptors (Lipinski definition) is 2. The fraction of sp³-hybridized carbons (Fsp3) is 0.0909. The van der Waals surface area contributed by atoms with Gasteiger partial charge >= 0.3 is 0 Å². The van der Waals surface area contributed by atoms with E-state index in [1.165, 1.54) is 11.1 Å². The standard InChI is InChI=1S/C22H19N3O/c1-15-10-12-17(13-11-15)22-24-20-18(21(23)26)8-5-9-19(20)25(22)14-16-6-3-2-4-7-16/h2-13H,14H2,1H3,(H2,23,26). The van der Waals surface area contributed by atoms with E-state index in [0.717, 1.165) is 16.9 Å². The minimum atomic E-state index is -0.463. The van der Waals surface area contributed by atoms with Crippen molar-refractivity contribution in [1.82, 2.24) is 9.55 Å². The van der Waals surface area contributed by atoms with Crippen LogP contribution in [0.15, 0.2) is 72.8 Å². The summed E-state index contributed by atoms with van der Waals surface area (Å²) in [6.07, 6.45) is 0. The first-order valence-corrected chi connectivity index (χ1v) is 8.53. The van der Waals surface area contributed by atoms with Gasteiger partial charge in [-0.25, -0.2) is 4.98 Å². The third kappa shape index (κ3) is 2.86. The van der Waals surface area contributed by atoms with Crippen molar-refractivity contribution < 1.29 is 4.79 Å². The summed E-state index contributed by atoms with van der Waals surface area (Å²) in [7, 11) is 0. The van der Waals surface area contributed by atoms with Crippen LogP contribution in [0.1, 0.15) is 21.5 Å². The minimum Gasteiger partial charge on any atom is -0.366 e. The number of fused-ring (bicyclic) bond motifs is 1. The lowest BCUT2D eigenvalue weighted by Gasteiger charge is -2.10. The molecule has 0 fully saturated rings. The predicted octanol–water partition coefficient (Wildman–Crippen LogP) is 4.16. The molecule has 4 nitrogen and oxygen atoms in total. The molecule has 0 saturated carbocycles. The molecule has 0 radical (unpaired) electrons. The van der Waals surface area contributed by atoms with Gasteiger partial charge in [0.25, 0.3) is 5.91 Å². The van der Waals surface area contributed by atoms with E-state index in [-0.39, 0.29) is 0 Å². The van der Waals surface area contributed by atoms with Gasteiger partial charge in [-0.15, -0.1) is 0 Å². The highest BCUT2D eigenvalue weighted by Gasteiger charge is 2.17. The van der Waals surface area contributed by atoms with Gasteiger partial charge in [0.05, 0.1) is 11.1 Å². The molecule has 0 aliphatic carbocycles. The van der Waals surface area contributed by atoms with E-state index in [4.69, 9.17) is 10.7 Å². The molecule has 2 N–H and O–H groups in total. The van der Waals surface area contributed by atoms with E-state index in [0.29, 0.717) is 17.6 Å². The number of primary amides is 1. The number of rotatable bonds is 4. The van der Waals surface area contributed by atoms with Crippen LogP contribution < -0.4 is 5.73 Å². The number of aryl methyl sites for hydroxylation is 1. The highest BCUT2D eigenvalue weighted by Crippen LogP contribution is 2.28. The number of amides is 1. The molecule has 0 aliphatic heterocycles. The first-order chi connectivity index (χ1) is 12.6. The zero-order valence-corrected chi connectivity index (χ0v) is 14.5. The van der Waals surface area contributed by atoms with Crippen LogP contribution in [-0.2, 0) is 6.54 Å². The average Bonchev–Trinajstić information content (AvgIpc) is 3.01. The highest BCUT2D eigenvalue weighted by atomic mass is 16.1. The lowest BCUT2D eigenvalue weighted by atomic mass is 10.1. The van der Waals surface area contributed by atoms with E-state index in [1.54, 1.807) is 6.07 Å². The molecule has 1 aromatic heterocycles. The van der Waals surface area contributed by atoms with Gasteiger partial charge in [0.1, 0.15) is 11.3 Å². The van der Waals surface area contributed by atoms with E-state index in [1.807, 2.05) is 30.3 Å². The number of nitrogens with zero attached hydrogens (tertiary/aromatic N) is 2. The maximum atomic E-state index is 11.8. The van der Waals surface area contributed by atoms with Crippen LogP contribution >= 0.6 is 0 Å². The molecule has 1 heterocycles. The van der Waals surface area contributed by atoms with Crippen molar-refractivity contribution in [3.8, 4) is 11.4 Å². The largest absolute Gasteiger partial charge is 0.366 e. The molecule has 4 heteroatoms. The maximum Gasteiger partial charge on any atom is 0.250 e. The van der Waals surface area contributed by atoms with Crippen LogP contribution in [0.25, 0.3) is 22.4 Å². The van der Waals surface area contributed by atoms with Crippen LogP contribution in [-0.4, -0.2) is 15.5 Å². The Balaban J connectivity index is 1.96. The van der Waals surface area contributed by atoms with Crippen LogP contribution in [0.3, 0.4) is 0 Å². The number of benzene rings is 3. The van der Waals surface area contributed by atoms with Crippen LogP contribution in [0.5, 0.6) is 0 Å². The quantitative estimate of drug-likeness (QED) is 0.606. The number of hydrogen-bond donors (Lipinski definition) is 1. The average molecular weight is 341 g/mol. The number of carbonyl (C=O) groups is 1. The van der Waals surface area contributed by atoms with E-state index >= 15 is 0 Å². The SMILES string of the molecule is Cc1ccc(-c2nc3c(C(N)=O)cccc3n2Cc2ccccc2)cc1. The zero-order chi connectivity index (χ0) is 18.1. The normalized spacial score (nSPS) is 11.0. The lowest BCUT2D eigenvalue weighted by molar-refractivity contribution is 0.100. The van der Waals surface area contributed by atoms with Crippen molar-refractivity contribution in [3.05, 3.63) is 89.5 Å². The van der Waals surface area contributed by atoms with Crippen LogP contribution in [0.2, 0.25) is 0 Å². The molecule has 26 heavy (non-hydrogen) atoms. The molecule has 3 aromatic carbocycles. The Labute approximate surface area is 151 Å². The number of nitrogens with two attached hydrogens (primary N) is 1. The van der Waals surface area contributed by atoms with Gasteiger partial charge in [-0.2, -0.15) is 0 Å². The van der Waals surface area contributed by atoms with Crippen LogP contribution in [0, 0.1) is 6.92 Å². The predicted molar refractivity (Wildman–Crippen MR) is 104 cm³/mol. The Hall–Kier alpha value is -3.40. The van der Waals surface area contributed by atoms with Crippen molar-refractivity contribution in [3.63, 3.8) is 0 Å². The molecular formula is C22H19N3O. The molecule has 0 aliphatic rings. The maximum absolute atomic E-state index is 11.8. The second kappa shape index (κ2) is 6.48. The van der Waals surface area contributed by atoms with Crippen molar-refractivity contribution >= 4 is 16.9 Å². The lowest BCUT2D eigenvalue weighted by Crippen LogP contribution is -2.11. The summed E-state index contributed by atoms with van der Waals surface area (Å²) in [6.45, 7) is 2.73. The van der Waals surface area contributed by atoms with Gasteiger partial charge < -0.3 is 10.3 Å². The third-order valence-electron chi connectivity index (χ3n) is 4.54. The molecule has 0 unspecified atom stereocenters. The van der Waals surface area contributed by atoms with E-state index in [9.17, 15) is 4.79 Å². The molecule has 128 valence electrons. The molecular weight excluding hydrogens is 322 g/mol.